The minimum absolute atomic E-state index is 0.321. The molecule has 4 rings (SSSR count). The monoisotopic (exact) mass is 504 g/mol. The number of nitrogens with one attached hydrogen (secondary N) is 2. The van der Waals surface area contributed by atoms with E-state index in [0.717, 1.165) is 50.1 Å². The van der Waals surface area contributed by atoms with Gasteiger partial charge in [0.2, 0.25) is 5.13 Å². The first kappa shape index (κ1) is 23.8. The Morgan fingerprint density at radius 3 is 2.45 bits per heavy atom. The molecule has 2 aromatic carbocycles. The van der Waals surface area contributed by atoms with E-state index in [2.05, 4.69) is 56.0 Å². The number of amides is 2. The van der Waals surface area contributed by atoms with Gasteiger partial charge in [-0.1, -0.05) is 59.1 Å². The number of urea groups is 1. The van der Waals surface area contributed by atoms with Gasteiger partial charge in [0.25, 0.3) is 0 Å². The summed E-state index contributed by atoms with van der Waals surface area (Å²) in [6.45, 7) is 6.99. The van der Waals surface area contributed by atoms with Crippen LogP contribution in [0.1, 0.15) is 17.0 Å². The summed E-state index contributed by atoms with van der Waals surface area (Å²) in [6, 6.07) is 13.3. The summed E-state index contributed by atoms with van der Waals surface area (Å²) < 4.78 is 4.55. The highest BCUT2D eigenvalue weighted by Gasteiger charge is 2.20. The van der Waals surface area contributed by atoms with Crippen molar-refractivity contribution in [2.24, 2.45) is 0 Å². The fourth-order valence-electron chi connectivity index (χ4n) is 3.60. The number of aromatic nitrogens is 2. The maximum Gasteiger partial charge on any atom is 0.319 e. The van der Waals surface area contributed by atoms with Crippen molar-refractivity contribution in [2.45, 2.75) is 13.3 Å². The summed E-state index contributed by atoms with van der Waals surface area (Å²) in [4.78, 5) is 21.5. The first-order chi connectivity index (χ1) is 16.0. The second-order valence-corrected chi connectivity index (χ2v) is 9.51. The van der Waals surface area contributed by atoms with E-state index < -0.39 is 0 Å². The summed E-state index contributed by atoms with van der Waals surface area (Å²) in [5.41, 5.74) is 2.90. The van der Waals surface area contributed by atoms with E-state index >= 15 is 0 Å². The minimum Gasteiger partial charge on any atom is -0.344 e. The summed E-state index contributed by atoms with van der Waals surface area (Å²) >= 11 is 13.6. The third-order valence-corrected chi connectivity index (χ3v) is 6.94. The average molecular weight is 505 g/mol. The number of nitrogens with zero attached hydrogens (tertiary/aromatic N) is 4. The Bertz CT molecular complexity index is 1060. The van der Waals surface area contributed by atoms with Crippen LogP contribution in [0.3, 0.4) is 0 Å². The molecule has 1 aromatic heterocycles. The van der Waals surface area contributed by atoms with E-state index in [-0.39, 0.29) is 6.03 Å². The number of halogens is 2. The van der Waals surface area contributed by atoms with Gasteiger partial charge < -0.3 is 15.5 Å². The number of hydrogen-bond acceptors (Lipinski definition) is 6. The summed E-state index contributed by atoms with van der Waals surface area (Å²) in [5, 5.41) is 7.37. The van der Waals surface area contributed by atoms with Crippen LogP contribution in [-0.2, 0) is 6.42 Å². The molecular weight excluding hydrogens is 479 g/mol. The van der Waals surface area contributed by atoms with Crippen molar-refractivity contribution in [1.29, 1.82) is 0 Å². The molecule has 0 spiro atoms. The Morgan fingerprint density at radius 1 is 1.06 bits per heavy atom. The van der Waals surface area contributed by atoms with Gasteiger partial charge in [0.05, 0.1) is 15.7 Å². The van der Waals surface area contributed by atoms with E-state index in [4.69, 9.17) is 28.2 Å². The minimum atomic E-state index is -0.321. The molecule has 0 unspecified atom stereocenters. The first-order valence-corrected chi connectivity index (χ1v) is 12.3. The van der Waals surface area contributed by atoms with Crippen LogP contribution in [0.2, 0.25) is 10.0 Å². The maximum absolute atomic E-state index is 12.2. The van der Waals surface area contributed by atoms with Crippen LogP contribution in [0, 0.1) is 6.92 Å². The molecular formula is C23H26Cl2N6OS. The van der Waals surface area contributed by atoms with Crippen molar-refractivity contribution in [1.82, 2.24) is 19.6 Å². The third-order valence-electron chi connectivity index (χ3n) is 5.50. The lowest BCUT2D eigenvalue weighted by Crippen LogP contribution is -2.48. The lowest BCUT2D eigenvalue weighted by atomic mass is 10.1. The van der Waals surface area contributed by atoms with Crippen molar-refractivity contribution in [3.63, 3.8) is 0 Å². The molecule has 174 valence electrons. The van der Waals surface area contributed by atoms with Crippen molar-refractivity contribution < 1.29 is 4.79 Å². The standard InChI is InChI=1S/C23H26Cl2N6OS/c1-16-5-7-17(8-6-16)15-20-27-23(33-29-20)31-13-11-30(12-14-31)10-9-26-22(32)28-21-18(24)3-2-4-19(21)25/h2-8H,9-15H2,1H3,(H2,26,28,32). The Balaban J connectivity index is 1.18. The van der Waals surface area contributed by atoms with Crippen LogP contribution < -0.4 is 15.5 Å². The highest BCUT2D eigenvalue weighted by atomic mass is 35.5. The van der Waals surface area contributed by atoms with Gasteiger partial charge in [-0.25, -0.2) is 9.78 Å². The zero-order valence-electron chi connectivity index (χ0n) is 18.4. The molecule has 10 heteroatoms. The number of carbonyl (C=O) groups excluding carboxylic acids is 1. The average Bonchev–Trinajstić information content (AvgIpc) is 3.27. The third kappa shape index (κ3) is 6.57. The molecule has 1 aliphatic rings. The molecule has 33 heavy (non-hydrogen) atoms. The predicted octanol–water partition coefficient (Wildman–Crippen LogP) is 4.69. The normalized spacial score (nSPS) is 14.3. The second kappa shape index (κ2) is 11.2. The molecule has 0 bridgehead atoms. The molecule has 2 heterocycles. The molecule has 1 aliphatic heterocycles. The van der Waals surface area contributed by atoms with E-state index in [1.807, 2.05) is 0 Å². The van der Waals surface area contributed by atoms with Gasteiger partial charge in [-0.2, -0.15) is 4.37 Å². The van der Waals surface area contributed by atoms with E-state index in [0.29, 0.717) is 22.3 Å². The summed E-state index contributed by atoms with van der Waals surface area (Å²) in [6.07, 6.45) is 0.754. The first-order valence-electron chi connectivity index (χ1n) is 10.8. The second-order valence-electron chi connectivity index (χ2n) is 7.96. The van der Waals surface area contributed by atoms with Crippen LogP contribution in [0.15, 0.2) is 42.5 Å². The Kier molecular flexibility index (Phi) is 8.03. The van der Waals surface area contributed by atoms with Crippen LogP contribution in [0.25, 0.3) is 0 Å². The fourth-order valence-corrected chi connectivity index (χ4v) is 4.83. The van der Waals surface area contributed by atoms with Gasteiger partial charge in [0.1, 0.15) is 5.82 Å². The van der Waals surface area contributed by atoms with E-state index in [9.17, 15) is 4.79 Å². The molecule has 1 saturated heterocycles. The topological polar surface area (TPSA) is 73.4 Å². The zero-order chi connectivity index (χ0) is 23.2. The van der Waals surface area contributed by atoms with Crippen LogP contribution in [0.5, 0.6) is 0 Å². The number of benzene rings is 2. The van der Waals surface area contributed by atoms with Crippen LogP contribution in [-0.4, -0.2) is 59.6 Å². The predicted molar refractivity (Wildman–Crippen MR) is 136 cm³/mol. The fraction of sp³-hybridized carbons (Fsp3) is 0.348. The van der Waals surface area contributed by atoms with Crippen molar-refractivity contribution in [3.05, 3.63) is 69.5 Å². The molecule has 0 saturated carbocycles. The summed E-state index contributed by atoms with van der Waals surface area (Å²) in [7, 11) is 0. The molecule has 2 N–H and O–H groups in total. The molecule has 2 amide bonds. The largest absolute Gasteiger partial charge is 0.344 e. The maximum atomic E-state index is 12.2. The lowest BCUT2D eigenvalue weighted by Gasteiger charge is -2.34. The van der Waals surface area contributed by atoms with Crippen LogP contribution >= 0.6 is 34.7 Å². The smallest absolute Gasteiger partial charge is 0.319 e. The Morgan fingerprint density at radius 2 is 1.76 bits per heavy atom. The quantitative estimate of drug-likeness (QED) is 0.488. The molecule has 0 aliphatic carbocycles. The molecule has 3 aromatic rings. The van der Waals surface area contributed by atoms with Crippen molar-refractivity contribution >= 4 is 51.6 Å². The number of rotatable bonds is 7. The lowest BCUT2D eigenvalue weighted by molar-refractivity contribution is 0.240. The van der Waals surface area contributed by atoms with Gasteiger partial charge in [0, 0.05) is 57.2 Å². The van der Waals surface area contributed by atoms with Crippen molar-refractivity contribution in [2.75, 3.05) is 49.5 Å². The zero-order valence-corrected chi connectivity index (χ0v) is 20.7. The van der Waals surface area contributed by atoms with Crippen LogP contribution in [0.4, 0.5) is 15.6 Å². The highest BCUT2D eigenvalue weighted by Crippen LogP contribution is 2.29. The number of hydrogen-bond donors (Lipinski definition) is 2. The Hall–Kier alpha value is -2.39. The number of anilines is 2. The summed E-state index contributed by atoms with van der Waals surface area (Å²) in [5.74, 6) is 0.870. The van der Waals surface area contributed by atoms with E-state index in [1.165, 1.54) is 22.7 Å². The number of para-hydroxylation sites is 1. The number of aryl methyl sites for hydroxylation is 1. The highest BCUT2D eigenvalue weighted by molar-refractivity contribution is 7.09. The molecule has 0 radical (unpaired) electrons. The van der Waals surface area contributed by atoms with Crippen molar-refractivity contribution in [3.8, 4) is 0 Å². The van der Waals surface area contributed by atoms with Gasteiger partial charge in [0.15, 0.2) is 0 Å². The molecule has 1 fully saturated rings. The Labute approximate surface area is 207 Å². The van der Waals surface area contributed by atoms with Gasteiger partial charge >= 0.3 is 6.03 Å². The number of piperazine rings is 1. The molecule has 7 nitrogen and oxygen atoms in total. The van der Waals surface area contributed by atoms with Gasteiger partial charge in [-0.05, 0) is 24.6 Å². The van der Waals surface area contributed by atoms with E-state index in [1.54, 1.807) is 18.2 Å². The van der Waals surface area contributed by atoms with Gasteiger partial charge in [-0.3, -0.25) is 4.90 Å². The SMILES string of the molecule is Cc1ccc(Cc2nsc(N3CCN(CCNC(=O)Nc4c(Cl)cccc4Cl)CC3)n2)cc1. The number of carbonyl (C=O) groups is 1. The molecule has 0 atom stereocenters. The van der Waals surface area contributed by atoms with Gasteiger partial charge in [-0.15, -0.1) is 0 Å².